The maximum Gasteiger partial charge on any atom is 0.161 e. The van der Waals surface area contributed by atoms with E-state index in [4.69, 9.17) is 14.2 Å². The topological polar surface area (TPSA) is 27.7 Å². The molecule has 0 fully saturated rings. The lowest BCUT2D eigenvalue weighted by atomic mass is 9.98. The molecule has 0 saturated heterocycles. The van der Waals surface area contributed by atoms with Gasteiger partial charge in [-0.15, -0.1) is 5.92 Å². The van der Waals surface area contributed by atoms with E-state index in [9.17, 15) is 0 Å². The van der Waals surface area contributed by atoms with Crippen molar-refractivity contribution in [1.82, 2.24) is 0 Å². The smallest absolute Gasteiger partial charge is 0.161 e. The van der Waals surface area contributed by atoms with Gasteiger partial charge < -0.3 is 14.2 Å². The summed E-state index contributed by atoms with van der Waals surface area (Å²) in [4.78, 5) is 0. The van der Waals surface area contributed by atoms with Crippen molar-refractivity contribution in [2.24, 2.45) is 0 Å². The molecule has 1 unspecified atom stereocenters. The van der Waals surface area contributed by atoms with Crippen molar-refractivity contribution in [2.45, 2.75) is 39.7 Å². The molecular weight excluding hydrogens is 252 g/mol. The van der Waals surface area contributed by atoms with Crippen LogP contribution >= 0.6 is 0 Å². The zero-order valence-corrected chi connectivity index (χ0v) is 13.1. The molecule has 1 atom stereocenters. The van der Waals surface area contributed by atoms with Crippen LogP contribution < -0.4 is 9.47 Å². The number of rotatable bonds is 7. The first-order valence-corrected chi connectivity index (χ1v) is 6.93. The Labute approximate surface area is 122 Å². The Morgan fingerprint density at radius 3 is 2.35 bits per heavy atom. The molecule has 20 heavy (non-hydrogen) atoms. The second kappa shape index (κ2) is 8.50. The van der Waals surface area contributed by atoms with E-state index in [1.807, 2.05) is 26.0 Å². The normalized spacial score (nSPS) is 11.4. The third-order valence-corrected chi connectivity index (χ3v) is 3.18. The van der Waals surface area contributed by atoms with Crippen molar-refractivity contribution in [3.8, 4) is 23.3 Å². The van der Waals surface area contributed by atoms with Crippen LogP contribution in [0, 0.1) is 11.8 Å². The average molecular weight is 276 g/mol. The SMILES string of the molecule is CC#CCOC(C)c1cc(OC)c(OC)cc1CCC. The largest absolute Gasteiger partial charge is 0.493 e. The van der Waals surface area contributed by atoms with Gasteiger partial charge in [0.15, 0.2) is 11.5 Å². The van der Waals surface area contributed by atoms with Gasteiger partial charge in [0.25, 0.3) is 0 Å². The lowest BCUT2D eigenvalue weighted by Gasteiger charge is -2.19. The maximum atomic E-state index is 5.76. The molecule has 1 rings (SSSR count). The molecule has 0 aliphatic rings. The van der Waals surface area contributed by atoms with Gasteiger partial charge in [0.2, 0.25) is 0 Å². The van der Waals surface area contributed by atoms with Gasteiger partial charge in [-0.25, -0.2) is 0 Å². The molecule has 110 valence electrons. The molecule has 0 amide bonds. The van der Waals surface area contributed by atoms with Crippen LogP contribution in [0.5, 0.6) is 11.5 Å². The fourth-order valence-corrected chi connectivity index (χ4v) is 2.13. The van der Waals surface area contributed by atoms with Gasteiger partial charge >= 0.3 is 0 Å². The predicted molar refractivity (Wildman–Crippen MR) is 81.4 cm³/mol. The van der Waals surface area contributed by atoms with E-state index in [-0.39, 0.29) is 6.10 Å². The van der Waals surface area contributed by atoms with Crippen LogP contribution in [0.2, 0.25) is 0 Å². The Hall–Kier alpha value is -1.66. The van der Waals surface area contributed by atoms with Gasteiger partial charge in [-0.2, -0.15) is 0 Å². The lowest BCUT2D eigenvalue weighted by molar-refractivity contribution is 0.0916. The average Bonchev–Trinajstić information content (AvgIpc) is 2.47. The van der Waals surface area contributed by atoms with E-state index >= 15 is 0 Å². The summed E-state index contributed by atoms with van der Waals surface area (Å²) in [6.45, 7) is 6.46. The minimum atomic E-state index is -0.0165. The number of benzene rings is 1. The first-order chi connectivity index (χ1) is 9.67. The molecule has 0 saturated carbocycles. The predicted octanol–water partition coefficient (Wildman–Crippen LogP) is 3.76. The minimum absolute atomic E-state index is 0.0165. The standard InChI is InChI=1S/C17H24O3/c1-6-8-10-20-13(3)15-12-17(19-5)16(18-4)11-14(15)9-7-2/h11-13H,7,9-10H2,1-5H3. The highest BCUT2D eigenvalue weighted by Gasteiger charge is 2.15. The fourth-order valence-electron chi connectivity index (χ4n) is 2.13. The number of hydrogen-bond acceptors (Lipinski definition) is 3. The van der Waals surface area contributed by atoms with E-state index in [1.54, 1.807) is 14.2 Å². The van der Waals surface area contributed by atoms with E-state index in [1.165, 1.54) is 5.56 Å². The highest BCUT2D eigenvalue weighted by Crippen LogP contribution is 2.34. The second-order valence-corrected chi connectivity index (χ2v) is 4.54. The second-order valence-electron chi connectivity index (χ2n) is 4.54. The molecule has 0 heterocycles. The van der Waals surface area contributed by atoms with Gasteiger partial charge in [0, 0.05) is 0 Å². The lowest BCUT2D eigenvalue weighted by Crippen LogP contribution is -2.06. The number of hydrogen-bond donors (Lipinski definition) is 0. The Morgan fingerprint density at radius 2 is 1.80 bits per heavy atom. The molecule has 0 aliphatic carbocycles. The quantitative estimate of drug-likeness (QED) is 0.710. The molecule has 1 aromatic rings. The Morgan fingerprint density at radius 1 is 1.15 bits per heavy atom. The summed E-state index contributed by atoms with van der Waals surface area (Å²) in [5, 5.41) is 0. The third kappa shape index (κ3) is 4.18. The van der Waals surface area contributed by atoms with Crippen LogP contribution in [0.15, 0.2) is 12.1 Å². The third-order valence-electron chi connectivity index (χ3n) is 3.18. The molecule has 3 heteroatoms. The monoisotopic (exact) mass is 276 g/mol. The highest BCUT2D eigenvalue weighted by molar-refractivity contribution is 5.48. The number of ether oxygens (including phenoxy) is 3. The number of methoxy groups -OCH3 is 2. The zero-order chi connectivity index (χ0) is 15.0. The Bertz CT molecular complexity index is 483. The van der Waals surface area contributed by atoms with E-state index in [0.717, 1.165) is 29.9 Å². The summed E-state index contributed by atoms with van der Waals surface area (Å²) >= 11 is 0. The van der Waals surface area contributed by atoms with Crippen molar-refractivity contribution in [3.63, 3.8) is 0 Å². The van der Waals surface area contributed by atoms with Crippen LogP contribution in [0.25, 0.3) is 0 Å². The zero-order valence-electron chi connectivity index (χ0n) is 13.1. The van der Waals surface area contributed by atoms with Gasteiger partial charge in [-0.1, -0.05) is 19.3 Å². The van der Waals surface area contributed by atoms with Crippen LogP contribution in [0.1, 0.15) is 44.4 Å². The van der Waals surface area contributed by atoms with Gasteiger partial charge in [-0.3, -0.25) is 0 Å². The van der Waals surface area contributed by atoms with Crippen molar-refractivity contribution < 1.29 is 14.2 Å². The Kier molecular flexibility index (Phi) is 6.97. The molecule has 3 nitrogen and oxygen atoms in total. The van der Waals surface area contributed by atoms with Crippen molar-refractivity contribution in [1.29, 1.82) is 0 Å². The minimum Gasteiger partial charge on any atom is -0.493 e. The summed E-state index contributed by atoms with van der Waals surface area (Å²) in [7, 11) is 3.30. The first kappa shape index (κ1) is 16.4. The number of aryl methyl sites for hydroxylation is 1. The van der Waals surface area contributed by atoms with Crippen LogP contribution in [-0.2, 0) is 11.2 Å². The van der Waals surface area contributed by atoms with Gasteiger partial charge in [-0.05, 0) is 43.5 Å². The van der Waals surface area contributed by atoms with Gasteiger partial charge in [0.1, 0.15) is 6.61 Å². The first-order valence-electron chi connectivity index (χ1n) is 6.93. The fraction of sp³-hybridized carbons (Fsp3) is 0.529. The maximum absolute atomic E-state index is 5.76. The molecular formula is C17H24O3. The molecule has 0 spiro atoms. The summed E-state index contributed by atoms with van der Waals surface area (Å²) < 4.78 is 16.5. The Balaban J connectivity index is 3.09. The summed E-state index contributed by atoms with van der Waals surface area (Å²) in [6, 6.07) is 4.05. The van der Waals surface area contributed by atoms with Crippen LogP contribution in [0.4, 0.5) is 0 Å². The van der Waals surface area contributed by atoms with Crippen molar-refractivity contribution in [3.05, 3.63) is 23.3 Å². The molecule has 0 aromatic heterocycles. The molecule has 0 bridgehead atoms. The van der Waals surface area contributed by atoms with E-state index in [0.29, 0.717) is 6.61 Å². The van der Waals surface area contributed by atoms with Gasteiger partial charge in [0.05, 0.1) is 20.3 Å². The van der Waals surface area contributed by atoms with E-state index < -0.39 is 0 Å². The molecule has 0 aliphatic heterocycles. The summed E-state index contributed by atoms with van der Waals surface area (Å²) in [5.41, 5.74) is 2.38. The van der Waals surface area contributed by atoms with Crippen molar-refractivity contribution >= 4 is 0 Å². The summed E-state index contributed by atoms with van der Waals surface area (Å²) in [5.74, 6) is 7.26. The molecule has 0 radical (unpaired) electrons. The highest BCUT2D eigenvalue weighted by atomic mass is 16.5. The van der Waals surface area contributed by atoms with Crippen molar-refractivity contribution in [2.75, 3.05) is 20.8 Å². The van der Waals surface area contributed by atoms with E-state index in [2.05, 4.69) is 18.8 Å². The molecule has 0 N–H and O–H groups in total. The van der Waals surface area contributed by atoms with Crippen LogP contribution in [-0.4, -0.2) is 20.8 Å². The van der Waals surface area contributed by atoms with Crippen LogP contribution in [0.3, 0.4) is 0 Å². The molecule has 1 aromatic carbocycles. The summed E-state index contributed by atoms with van der Waals surface area (Å²) in [6.07, 6.45) is 2.05.